The SMILES string of the molecule is COC1CCC(NS(=O)(=O)c2ccc(Br)cc2Cl)C1. The van der Waals surface area contributed by atoms with Crippen molar-refractivity contribution in [3.8, 4) is 0 Å². The molecule has 0 amide bonds. The first-order chi connectivity index (χ1) is 8.92. The van der Waals surface area contributed by atoms with Gasteiger partial charge in [-0.05, 0) is 37.5 Å². The summed E-state index contributed by atoms with van der Waals surface area (Å²) in [6, 6.07) is 4.64. The number of hydrogen-bond acceptors (Lipinski definition) is 3. The van der Waals surface area contributed by atoms with Crippen molar-refractivity contribution in [2.75, 3.05) is 7.11 Å². The van der Waals surface area contributed by atoms with Crippen molar-refractivity contribution < 1.29 is 13.2 Å². The van der Waals surface area contributed by atoms with Crippen molar-refractivity contribution in [1.82, 2.24) is 4.72 Å². The summed E-state index contributed by atoms with van der Waals surface area (Å²) in [5.74, 6) is 0. The Hall–Kier alpha value is -0.140. The summed E-state index contributed by atoms with van der Waals surface area (Å²) in [5.41, 5.74) is 0. The highest BCUT2D eigenvalue weighted by Crippen LogP contribution is 2.27. The van der Waals surface area contributed by atoms with Crippen molar-refractivity contribution >= 4 is 37.6 Å². The van der Waals surface area contributed by atoms with Gasteiger partial charge in [0.1, 0.15) is 4.90 Å². The fraction of sp³-hybridized carbons (Fsp3) is 0.500. The molecule has 1 aromatic rings. The Morgan fingerprint density at radius 3 is 2.74 bits per heavy atom. The van der Waals surface area contributed by atoms with Crippen LogP contribution in [0.1, 0.15) is 19.3 Å². The molecule has 0 radical (unpaired) electrons. The number of methoxy groups -OCH3 is 1. The van der Waals surface area contributed by atoms with E-state index in [1.165, 1.54) is 6.07 Å². The van der Waals surface area contributed by atoms with Gasteiger partial charge in [0.25, 0.3) is 0 Å². The van der Waals surface area contributed by atoms with Gasteiger partial charge in [-0.3, -0.25) is 0 Å². The molecular formula is C12H15BrClNO3S. The molecule has 0 spiro atoms. The van der Waals surface area contributed by atoms with Crippen molar-refractivity contribution in [3.63, 3.8) is 0 Å². The zero-order chi connectivity index (χ0) is 14.0. The average Bonchev–Trinajstić information content (AvgIpc) is 2.75. The molecule has 1 N–H and O–H groups in total. The van der Waals surface area contributed by atoms with Gasteiger partial charge in [-0.2, -0.15) is 0 Å². The lowest BCUT2D eigenvalue weighted by molar-refractivity contribution is 0.107. The molecule has 1 aromatic carbocycles. The number of sulfonamides is 1. The van der Waals surface area contributed by atoms with E-state index in [0.717, 1.165) is 17.3 Å². The van der Waals surface area contributed by atoms with Crippen molar-refractivity contribution in [3.05, 3.63) is 27.7 Å². The molecule has 1 aliphatic carbocycles. The Morgan fingerprint density at radius 2 is 2.16 bits per heavy atom. The molecule has 4 nitrogen and oxygen atoms in total. The molecule has 2 rings (SSSR count). The van der Waals surface area contributed by atoms with Crippen LogP contribution < -0.4 is 4.72 Å². The Kier molecular flexibility index (Phi) is 4.89. The molecule has 0 saturated heterocycles. The topological polar surface area (TPSA) is 55.4 Å². The van der Waals surface area contributed by atoms with E-state index in [-0.39, 0.29) is 22.1 Å². The zero-order valence-corrected chi connectivity index (χ0v) is 13.6. The van der Waals surface area contributed by atoms with Gasteiger partial charge in [-0.1, -0.05) is 27.5 Å². The molecule has 106 valence electrons. The van der Waals surface area contributed by atoms with Crippen LogP contribution in [0.5, 0.6) is 0 Å². The maximum atomic E-state index is 12.3. The molecule has 0 heterocycles. The summed E-state index contributed by atoms with van der Waals surface area (Å²) in [6.45, 7) is 0. The van der Waals surface area contributed by atoms with Crippen molar-refractivity contribution in [1.29, 1.82) is 0 Å². The van der Waals surface area contributed by atoms with Crippen molar-refractivity contribution in [2.24, 2.45) is 0 Å². The normalized spacial score (nSPS) is 23.7. The van der Waals surface area contributed by atoms with E-state index < -0.39 is 10.0 Å². The van der Waals surface area contributed by atoms with Crippen molar-refractivity contribution in [2.45, 2.75) is 36.3 Å². The first-order valence-corrected chi connectivity index (χ1v) is 8.58. The Bertz CT molecular complexity index is 564. The standard InChI is InChI=1S/C12H15BrClNO3S/c1-18-10-4-3-9(7-10)15-19(16,17)12-5-2-8(13)6-11(12)14/h2,5-6,9-10,15H,3-4,7H2,1H3. The Morgan fingerprint density at radius 1 is 1.42 bits per heavy atom. The van der Waals surface area contributed by atoms with Gasteiger partial charge in [0, 0.05) is 17.6 Å². The second kappa shape index (κ2) is 6.10. The third-order valence-corrected chi connectivity index (χ3v) is 5.72. The van der Waals surface area contributed by atoms with E-state index in [1.807, 2.05) is 0 Å². The summed E-state index contributed by atoms with van der Waals surface area (Å²) in [5, 5.41) is 0.211. The lowest BCUT2D eigenvalue weighted by Crippen LogP contribution is -2.33. The van der Waals surface area contributed by atoms with Gasteiger partial charge in [-0.25, -0.2) is 13.1 Å². The Labute approximate surface area is 126 Å². The Balaban J connectivity index is 2.14. The van der Waals surface area contributed by atoms with Gasteiger partial charge in [0.05, 0.1) is 11.1 Å². The van der Waals surface area contributed by atoms with E-state index in [9.17, 15) is 8.42 Å². The minimum atomic E-state index is -3.58. The van der Waals surface area contributed by atoms with Gasteiger partial charge in [0.15, 0.2) is 0 Å². The predicted molar refractivity (Wildman–Crippen MR) is 77.9 cm³/mol. The summed E-state index contributed by atoms with van der Waals surface area (Å²) in [6.07, 6.45) is 2.49. The molecule has 0 aromatic heterocycles. The largest absolute Gasteiger partial charge is 0.381 e. The second-order valence-corrected chi connectivity index (χ2v) is 7.57. The maximum Gasteiger partial charge on any atom is 0.242 e. The molecule has 2 unspecified atom stereocenters. The first kappa shape index (κ1) is 15.3. The van der Waals surface area contributed by atoms with Crippen LogP contribution in [0.2, 0.25) is 5.02 Å². The summed E-state index contributed by atoms with van der Waals surface area (Å²) in [7, 11) is -1.94. The predicted octanol–water partition coefficient (Wildman–Crippen LogP) is 2.95. The highest BCUT2D eigenvalue weighted by Gasteiger charge is 2.29. The highest BCUT2D eigenvalue weighted by atomic mass is 79.9. The van der Waals surface area contributed by atoms with E-state index >= 15 is 0 Å². The van der Waals surface area contributed by atoms with Crippen LogP contribution >= 0.6 is 27.5 Å². The average molecular weight is 369 g/mol. The van der Waals surface area contributed by atoms with Gasteiger partial charge in [0.2, 0.25) is 10.0 Å². The summed E-state index contributed by atoms with van der Waals surface area (Å²) >= 11 is 9.23. The number of nitrogens with one attached hydrogen (secondary N) is 1. The fourth-order valence-corrected chi connectivity index (χ4v) is 4.56. The summed E-state index contributed by atoms with van der Waals surface area (Å²) < 4.78 is 33.2. The molecule has 1 fully saturated rings. The molecule has 1 aliphatic rings. The van der Waals surface area contributed by atoms with Crippen LogP contribution in [0.25, 0.3) is 0 Å². The van der Waals surface area contributed by atoms with Crippen LogP contribution in [0.15, 0.2) is 27.6 Å². The quantitative estimate of drug-likeness (QED) is 0.889. The lowest BCUT2D eigenvalue weighted by atomic mass is 10.3. The van der Waals surface area contributed by atoms with E-state index in [1.54, 1.807) is 19.2 Å². The number of rotatable bonds is 4. The monoisotopic (exact) mass is 367 g/mol. The minimum Gasteiger partial charge on any atom is -0.381 e. The van der Waals surface area contributed by atoms with Crippen LogP contribution in [0.3, 0.4) is 0 Å². The molecule has 19 heavy (non-hydrogen) atoms. The lowest BCUT2D eigenvalue weighted by Gasteiger charge is -2.14. The number of hydrogen-bond donors (Lipinski definition) is 1. The molecule has 1 saturated carbocycles. The molecule has 0 aliphatic heterocycles. The molecule has 0 bridgehead atoms. The highest BCUT2D eigenvalue weighted by molar-refractivity contribution is 9.10. The van der Waals surface area contributed by atoms with Crippen LogP contribution in [0.4, 0.5) is 0 Å². The van der Waals surface area contributed by atoms with Gasteiger partial charge >= 0.3 is 0 Å². The molecule has 7 heteroatoms. The maximum absolute atomic E-state index is 12.3. The van der Waals surface area contributed by atoms with E-state index in [0.29, 0.717) is 6.42 Å². The van der Waals surface area contributed by atoms with Gasteiger partial charge < -0.3 is 4.74 Å². The number of ether oxygens (including phenoxy) is 1. The third kappa shape index (κ3) is 3.70. The second-order valence-electron chi connectivity index (χ2n) is 4.56. The van der Waals surface area contributed by atoms with Crippen LogP contribution in [0, 0.1) is 0 Å². The van der Waals surface area contributed by atoms with Crippen LogP contribution in [-0.4, -0.2) is 27.7 Å². The zero-order valence-electron chi connectivity index (χ0n) is 10.4. The summed E-state index contributed by atoms with van der Waals surface area (Å²) in [4.78, 5) is 0.109. The van der Waals surface area contributed by atoms with Gasteiger partial charge in [-0.15, -0.1) is 0 Å². The molecule has 2 atom stereocenters. The molecular weight excluding hydrogens is 354 g/mol. The minimum absolute atomic E-state index is 0.0883. The third-order valence-electron chi connectivity index (χ3n) is 3.22. The smallest absolute Gasteiger partial charge is 0.242 e. The number of benzene rings is 1. The van der Waals surface area contributed by atoms with E-state index in [4.69, 9.17) is 16.3 Å². The fourth-order valence-electron chi connectivity index (χ4n) is 2.24. The van der Waals surface area contributed by atoms with E-state index in [2.05, 4.69) is 20.7 Å². The first-order valence-electron chi connectivity index (χ1n) is 5.92. The van der Waals surface area contributed by atoms with Crippen LogP contribution in [-0.2, 0) is 14.8 Å². The number of halogens is 2.